The molecule has 12 heavy (non-hydrogen) atoms. The molecule has 0 rings (SSSR count). The Morgan fingerprint density at radius 2 is 2.00 bits per heavy atom. The van der Waals surface area contributed by atoms with Crippen LogP contribution in [0.3, 0.4) is 0 Å². The summed E-state index contributed by atoms with van der Waals surface area (Å²) in [6.07, 6.45) is 1.96. The molecule has 5 heteroatoms. The summed E-state index contributed by atoms with van der Waals surface area (Å²) < 4.78 is 0. The van der Waals surface area contributed by atoms with E-state index in [0.717, 1.165) is 12.2 Å². The minimum Gasteiger partial charge on any atom is -0.333 e. The maximum Gasteiger partial charge on any atom is 0.271 e. The fourth-order valence-corrected chi connectivity index (χ4v) is 0.408. The Morgan fingerprint density at radius 1 is 1.42 bits per heavy atom. The van der Waals surface area contributed by atoms with E-state index in [2.05, 4.69) is 18.5 Å². The molecule has 0 aromatic carbocycles. The van der Waals surface area contributed by atoms with E-state index in [9.17, 15) is 9.59 Å². The molecule has 2 amide bonds. The number of amides is 2. The van der Waals surface area contributed by atoms with Crippen LogP contribution >= 0.6 is 0 Å². The Balaban J connectivity index is 3.78. The molecule has 0 saturated carbocycles. The molecule has 0 aromatic rings. The lowest BCUT2D eigenvalue weighted by atomic mass is 10.5. The molecule has 0 fully saturated rings. The summed E-state index contributed by atoms with van der Waals surface area (Å²) in [7, 11) is 0. The Bertz CT molecular complexity index is 213. The molecule has 0 heterocycles. The van der Waals surface area contributed by atoms with E-state index < -0.39 is 11.8 Å². The van der Waals surface area contributed by atoms with Gasteiger partial charge in [-0.15, -0.1) is 0 Å². The average molecular weight is 170 g/mol. The molecule has 0 aromatic heterocycles. The van der Waals surface area contributed by atoms with E-state index in [-0.39, 0.29) is 6.67 Å². The number of nitrogens with one attached hydrogen (secondary N) is 1. The van der Waals surface area contributed by atoms with Crippen molar-refractivity contribution in [2.24, 2.45) is 0 Å². The van der Waals surface area contributed by atoms with Crippen molar-refractivity contribution in [1.29, 1.82) is 0 Å². The van der Waals surface area contributed by atoms with E-state index in [1.807, 2.05) is 0 Å². The van der Waals surface area contributed by atoms with Gasteiger partial charge in [0.1, 0.15) is 6.67 Å². The van der Waals surface area contributed by atoms with Crippen LogP contribution in [0, 0.1) is 0 Å². The first-order valence-electron chi connectivity index (χ1n) is 3.15. The van der Waals surface area contributed by atoms with Crippen molar-refractivity contribution in [3.63, 3.8) is 0 Å². The third kappa shape index (κ3) is 3.52. The van der Waals surface area contributed by atoms with Gasteiger partial charge >= 0.3 is 0 Å². The highest BCUT2D eigenvalue weighted by molar-refractivity contribution is 5.88. The molecule has 0 spiro atoms. The standard InChI is InChI=1S/C7H10N2O3/c1-3-6(10)8-5-9(12)7(11)4-2/h3-4,12H,1-2,5H2,(H,8,10). The molecular formula is C7H10N2O3. The highest BCUT2D eigenvalue weighted by Gasteiger charge is 2.05. The van der Waals surface area contributed by atoms with Crippen LogP contribution in [0.25, 0.3) is 0 Å². The van der Waals surface area contributed by atoms with Gasteiger partial charge in [0, 0.05) is 0 Å². The van der Waals surface area contributed by atoms with E-state index in [1.165, 1.54) is 0 Å². The first kappa shape index (κ1) is 10.4. The first-order valence-corrected chi connectivity index (χ1v) is 3.15. The lowest BCUT2D eigenvalue weighted by molar-refractivity contribution is -0.161. The zero-order chi connectivity index (χ0) is 9.56. The SMILES string of the molecule is C=CC(=O)NCN(O)C(=O)C=C. The van der Waals surface area contributed by atoms with Gasteiger partial charge in [0.25, 0.3) is 5.91 Å². The van der Waals surface area contributed by atoms with Gasteiger partial charge in [0.2, 0.25) is 5.91 Å². The molecule has 66 valence electrons. The molecule has 0 atom stereocenters. The van der Waals surface area contributed by atoms with Crippen molar-refractivity contribution in [2.75, 3.05) is 6.67 Å². The zero-order valence-electron chi connectivity index (χ0n) is 6.49. The van der Waals surface area contributed by atoms with Crippen LogP contribution in [-0.2, 0) is 9.59 Å². The number of nitrogens with zero attached hydrogens (tertiary/aromatic N) is 1. The summed E-state index contributed by atoms with van der Waals surface area (Å²) in [5, 5.41) is 11.4. The Labute approximate surface area is 69.9 Å². The van der Waals surface area contributed by atoms with Gasteiger partial charge in [-0.1, -0.05) is 13.2 Å². The molecule has 0 aliphatic rings. The zero-order valence-corrected chi connectivity index (χ0v) is 6.49. The van der Waals surface area contributed by atoms with Crippen molar-refractivity contribution in [1.82, 2.24) is 10.4 Å². The molecule has 0 aliphatic carbocycles. The quantitative estimate of drug-likeness (QED) is 0.262. The van der Waals surface area contributed by atoms with Crippen LogP contribution in [0.4, 0.5) is 0 Å². The van der Waals surface area contributed by atoms with Crippen LogP contribution in [0.1, 0.15) is 0 Å². The van der Waals surface area contributed by atoms with Crippen LogP contribution in [0.5, 0.6) is 0 Å². The number of hydroxylamine groups is 2. The average Bonchev–Trinajstić information content (AvgIpc) is 2.11. The summed E-state index contributed by atoms with van der Waals surface area (Å²) >= 11 is 0. The molecule has 5 nitrogen and oxygen atoms in total. The predicted octanol–water partition coefficient (Wildman–Crippen LogP) is -0.350. The van der Waals surface area contributed by atoms with Crippen LogP contribution in [0.15, 0.2) is 25.3 Å². The number of hydrogen-bond acceptors (Lipinski definition) is 3. The lowest BCUT2D eigenvalue weighted by Gasteiger charge is -2.11. The molecule has 0 bridgehead atoms. The molecule has 0 radical (unpaired) electrons. The van der Waals surface area contributed by atoms with Crippen LogP contribution in [-0.4, -0.2) is 28.8 Å². The lowest BCUT2D eigenvalue weighted by Crippen LogP contribution is -2.37. The number of carbonyl (C=O) groups is 2. The number of rotatable bonds is 4. The summed E-state index contributed by atoms with van der Waals surface area (Å²) in [4.78, 5) is 21.1. The molecular weight excluding hydrogens is 160 g/mol. The third-order valence-electron chi connectivity index (χ3n) is 1.02. The fourth-order valence-electron chi connectivity index (χ4n) is 0.408. The summed E-state index contributed by atoms with van der Waals surface area (Å²) in [5.41, 5.74) is 0. The molecule has 0 saturated heterocycles. The molecule has 2 N–H and O–H groups in total. The second-order valence-electron chi connectivity index (χ2n) is 1.85. The van der Waals surface area contributed by atoms with Crippen molar-refractivity contribution >= 4 is 11.8 Å². The summed E-state index contributed by atoms with van der Waals surface area (Å²) in [6.45, 7) is 6.05. The van der Waals surface area contributed by atoms with Crippen molar-refractivity contribution in [3.05, 3.63) is 25.3 Å². The third-order valence-corrected chi connectivity index (χ3v) is 1.02. The van der Waals surface area contributed by atoms with Crippen LogP contribution < -0.4 is 5.32 Å². The largest absolute Gasteiger partial charge is 0.333 e. The number of carbonyl (C=O) groups excluding carboxylic acids is 2. The second kappa shape index (κ2) is 5.09. The predicted molar refractivity (Wildman–Crippen MR) is 42.0 cm³/mol. The molecule has 0 aliphatic heterocycles. The van der Waals surface area contributed by atoms with E-state index in [1.54, 1.807) is 0 Å². The molecule has 0 unspecified atom stereocenters. The van der Waals surface area contributed by atoms with Gasteiger partial charge < -0.3 is 5.32 Å². The van der Waals surface area contributed by atoms with Crippen molar-refractivity contribution in [3.8, 4) is 0 Å². The first-order chi connectivity index (χ1) is 5.61. The van der Waals surface area contributed by atoms with Gasteiger partial charge in [-0.2, -0.15) is 0 Å². The minimum atomic E-state index is -0.681. The van der Waals surface area contributed by atoms with E-state index in [0.29, 0.717) is 5.06 Å². The van der Waals surface area contributed by atoms with E-state index in [4.69, 9.17) is 5.21 Å². The number of hydrogen-bond donors (Lipinski definition) is 2. The van der Waals surface area contributed by atoms with Crippen molar-refractivity contribution < 1.29 is 14.8 Å². The second-order valence-corrected chi connectivity index (χ2v) is 1.85. The van der Waals surface area contributed by atoms with Gasteiger partial charge in [-0.25, -0.2) is 5.06 Å². The Kier molecular flexibility index (Phi) is 4.40. The maximum atomic E-state index is 10.6. The van der Waals surface area contributed by atoms with Gasteiger partial charge in [0.15, 0.2) is 0 Å². The van der Waals surface area contributed by atoms with Gasteiger partial charge in [-0.05, 0) is 12.2 Å². The maximum absolute atomic E-state index is 10.6. The van der Waals surface area contributed by atoms with Gasteiger partial charge in [0.05, 0.1) is 0 Å². The smallest absolute Gasteiger partial charge is 0.271 e. The minimum absolute atomic E-state index is 0.282. The Morgan fingerprint density at radius 3 is 2.42 bits per heavy atom. The van der Waals surface area contributed by atoms with Crippen LogP contribution in [0.2, 0.25) is 0 Å². The highest BCUT2D eigenvalue weighted by Crippen LogP contribution is 1.81. The summed E-state index contributed by atoms with van der Waals surface area (Å²) in [5.74, 6) is -1.15. The van der Waals surface area contributed by atoms with E-state index >= 15 is 0 Å². The normalized spacial score (nSPS) is 8.42. The topological polar surface area (TPSA) is 69.6 Å². The summed E-state index contributed by atoms with van der Waals surface area (Å²) in [6, 6.07) is 0. The van der Waals surface area contributed by atoms with Crippen molar-refractivity contribution in [2.45, 2.75) is 0 Å². The van der Waals surface area contributed by atoms with Gasteiger partial charge in [-0.3, -0.25) is 14.8 Å². The monoisotopic (exact) mass is 170 g/mol. The Hall–Kier alpha value is -1.62. The fraction of sp³-hybridized carbons (Fsp3) is 0.143. The highest BCUT2D eigenvalue weighted by atomic mass is 16.5.